The summed E-state index contributed by atoms with van der Waals surface area (Å²) in [6.45, 7) is 1.37. The topological polar surface area (TPSA) is 58.5 Å². The number of aromatic nitrogens is 1. The number of hydrogen-bond acceptors (Lipinski definition) is 3. The Morgan fingerprint density at radius 3 is 2.58 bits per heavy atom. The second-order valence-corrected chi connectivity index (χ2v) is 5.34. The molecule has 0 fully saturated rings. The van der Waals surface area contributed by atoms with E-state index >= 15 is 0 Å². The monoisotopic (exact) mass is 460 g/mol. The van der Waals surface area contributed by atoms with Gasteiger partial charge < -0.3 is 15.4 Å². The Kier molecular flexibility index (Phi) is 9.48. The normalized spacial score (nSPS) is 10.7. The van der Waals surface area contributed by atoms with Crippen molar-refractivity contribution in [2.24, 2.45) is 4.99 Å². The van der Waals surface area contributed by atoms with Crippen molar-refractivity contribution >= 4 is 41.5 Å². The fourth-order valence-corrected chi connectivity index (χ4v) is 2.17. The summed E-state index contributed by atoms with van der Waals surface area (Å²) in [6.07, 6.45) is 0.898. The predicted octanol–water partition coefficient (Wildman–Crippen LogP) is 3.27. The maximum Gasteiger partial charge on any atom is 0.213 e. The van der Waals surface area contributed by atoms with E-state index in [0.29, 0.717) is 12.4 Å². The summed E-state index contributed by atoms with van der Waals surface area (Å²) >= 11 is 5.88. The van der Waals surface area contributed by atoms with E-state index in [-0.39, 0.29) is 24.0 Å². The van der Waals surface area contributed by atoms with Crippen LogP contribution in [-0.2, 0) is 13.0 Å². The highest BCUT2D eigenvalue weighted by Crippen LogP contribution is 2.09. The van der Waals surface area contributed by atoms with Gasteiger partial charge in [0.05, 0.1) is 19.3 Å². The molecule has 0 amide bonds. The van der Waals surface area contributed by atoms with E-state index in [4.69, 9.17) is 16.3 Å². The number of ether oxygens (including phenoxy) is 1. The molecule has 0 radical (unpaired) electrons. The van der Waals surface area contributed by atoms with Crippen molar-refractivity contribution in [2.75, 3.05) is 20.7 Å². The number of guanidine groups is 1. The van der Waals surface area contributed by atoms with Gasteiger partial charge in [0.15, 0.2) is 5.96 Å². The number of rotatable bonds is 6. The standard InChI is InChI=1S/C17H21ClN4O.HI/c1-19-17(20-11-10-13-6-8-14(18)9-7-13)21-12-15-4-3-5-16(22-15)23-2;/h3-9H,10-12H2,1-2H3,(H2,19,20,21);1H. The van der Waals surface area contributed by atoms with Gasteiger partial charge in [0.25, 0.3) is 0 Å². The van der Waals surface area contributed by atoms with Crippen LogP contribution in [0.2, 0.25) is 5.02 Å². The van der Waals surface area contributed by atoms with Gasteiger partial charge in [0, 0.05) is 24.7 Å². The van der Waals surface area contributed by atoms with Crippen LogP contribution in [0.3, 0.4) is 0 Å². The predicted molar refractivity (Wildman–Crippen MR) is 110 cm³/mol. The third-order valence-electron chi connectivity index (χ3n) is 3.27. The number of hydrogen-bond donors (Lipinski definition) is 2. The number of pyridine rings is 1. The van der Waals surface area contributed by atoms with E-state index in [0.717, 1.165) is 29.6 Å². The molecule has 0 aliphatic carbocycles. The van der Waals surface area contributed by atoms with E-state index in [1.54, 1.807) is 14.2 Å². The van der Waals surface area contributed by atoms with Crippen LogP contribution >= 0.6 is 35.6 Å². The molecule has 24 heavy (non-hydrogen) atoms. The highest BCUT2D eigenvalue weighted by Gasteiger charge is 2.01. The summed E-state index contributed by atoms with van der Waals surface area (Å²) in [4.78, 5) is 8.56. The van der Waals surface area contributed by atoms with E-state index in [9.17, 15) is 0 Å². The molecule has 2 N–H and O–H groups in total. The maximum absolute atomic E-state index is 5.88. The molecule has 2 aromatic rings. The number of nitrogens with zero attached hydrogens (tertiary/aromatic N) is 2. The second-order valence-electron chi connectivity index (χ2n) is 4.90. The molecule has 2 rings (SSSR count). The van der Waals surface area contributed by atoms with E-state index in [2.05, 4.69) is 20.6 Å². The van der Waals surface area contributed by atoms with Crippen molar-refractivity contribution in [2.45, 2.75) is 13.0 Å². The van der Waals surface area contributed by atoms with E-state index in [1.807, 2.05) is 42.5 Å². The average Bonchev–Trinajstić information content (AvgIpc) is 2.59. The number of nitrogens with one attached hydrogen (secondary N) is 2. The smallest absolute Gasteiger partial charge is 0.213 e. The molecule has 1 heterocycles. The first kappa shape index (κ1) is 20.5. The van der Waals surface area contributed by atoms with Crippen LogP contribution in [0.15, 0.2) is 47.5 Å². The molecule has 0 aliphatic rings. The van der Waals surface area contributed by atoms with Gasteiger partial charge in [-0.3, -0.25) is 4.99 Å². The lowest BCUT2D eigenvalue weighted by molar-refractivity contribution is 0.396. The Morgan fingerprint density at radius 1 is 1.17 bits per heavy atom. The van der Waals surface area contributed by atoms with Crippen molar-refractivity contribution < 1.29 is 4.74 Å². The van der Waals surface area contributed by atoms with Gasteiger partial charge in [-0.15, -0.1) is 24.0 Å². The first-order chi connectivity index (χ1) is 11.2. The Morgan fingerprint density at radius 2 is 1.92 bits per heavy atom. The highest BCUT2D eigenvalue weighted by atomic mass is 127. The van der Waals surface area contributed by atoms with Gasteiger partial charge in [-0.2, -0.15) is 0 Å². The van der Waals surface area contributed by atoms with Crippen LogP contribution in [0.1, 0.15) is 11.3 Å². The molecule has 130 valence electrons. The zero-order valence-electron chi connectivity index (χ0n) is 13.8. The third kappa shape index (κ3) is 6.92. The zero-order chi connectivity index (χ0) is 16.5. The summed E-state index contributed by atoms with van der Waals surface area (Å²) in [6, 6.07) is 13.5. The quantitative estimate of drug-likeness (QED) is 0.395. The van der Waals surface area contributed by atoms with Crippen LogP contribution in [0.5, 0.6) is 5.88 Å². The lowest BCUT2D eigenvalue weighted by Crippen LogP contribution is -2.38. The molecule has 0 saturated heterocycles. The minimum Gasteiger partial charge on any atom is -0.481 e. The van der Waals surface area contributed by atoms with Crippen LogP contribution in [-0.4, -0.2) is 31.6 Å². The average molecular weight is 461 g/mol. The van der Waals surface area contributed by atoms with Crippen molar-refractivity contribution in [1.82, 2.24) is 15.6 Å². The van der Waals surface area contributed by atoms with Crippen LogP contribution in [0.25, 0.3) is 0 Å². The molecule has 1 aromatic carbocycles. The van der Waals surface area contributed by atoms with Crippen molar-refractivity contribution in [3.63, 3.8) is 0 Å². The molecule has 1 aromatic heterocycles. The van der Waals surface area contributed by atoms with Crippen molar-refractivity contribution in [1.29, 1.82) is 0 Å². The molecule has 0 aliphatic heterocycles. The first-order valence-corrected chi connectivity index (χ1v) is 7.78. The molecule has 5 nitrogen and oxygen atoms in total. The highest BCUT2D eigenvalue weighted by molar-refractivity contribution is 14.0. The Bertz CT molecular complexity index is 649. The number of benzene rings is 1. The van der Waals surface area contributed by atoms with Gasteiger partial charge in [-0.1, -0.05) is 29.8 Å². The van der Waals surface area contributed by atoms with Crippen LogP contribution in [0, 0.1) is 0 Å². The molecule has 7 heteroatoms. The Hall–Kier alpha value is -1.54. The number of halogens is 2. The molecule has 0 unspecified atom stereocenters. The van der Waals surface area contributed by atoms with Crippen LogP contribution < -0.4 is 15.4 Å². The molecular weight excluding hydrogens is 439 g/mol. The van der Waals surface area contributed by atoms with Gasteiger partial charge in [0.2, 0.25) is 5.88 Å². The summed E-state index contributed by atoms with van der Waals surface area (Å²) in [5.74, 6) is 1.35. The largest absolute Gasteiger partial charge is 0.481 e. The lowest BCUT2D eigenvalue weighted by atomic mass is 10.1. The van der Waals surface area contributed by atoms with Gasteiger partial charge >= 0.3 is 0 Å². The van der Waals surface area contributed by atoms with Crippen LogP contribution in [0.4, 0.5) is 0 Å². The zero-order valence-corrected chi connectivity index (χ0v) is 16.8. The minimum atomic E-state index is 0. The lowest BCUT2D eigenvalue weighted by Gasteiger charge is -2.12. The first-order valence-electron chi connectivity index (χ1n) is 7.40. The summed E-state index contributed by atoms with van der Waals surface area (Å²) in [7, 11) is 3.35. The number of methoxy groups -OCH3 is 1. The SMILES string of the molecule is CN=C(NCCc1ccc(Cl)cc1)NCc1cccc(OC)n1.I. The molecule has 0 bridgehead atoms. The van der Waals surface area contributed by atoms with E-state index < -0.39 is 0 Å². The minimum absolute atomic E-state index is 0. The van der Waals surface area contributed by atoms with Gasteiger partial charge in [-0.05, 0) is 30.2 Å². The molecule has 0 atom stereocenters. The van der Waals surface area contributed by atoms with Gasteiger partial charge in [0.1, 0.15) is 0 Å². The van der Waals surface area contributed by atoms with Crippen molar-refractivity contribution in [3.05, 3.63) is 58.7 Å². The summed E-state index contributed by atoms with van der Waals surface area (Å²) < 4.78 is 5.12. The second kappa shape index (κ2) is 11.1. The fourth-order valence-electron chi connectivity index (χ4n) is 2.04. The number of aliphatic imine (C=N–C) groups is 1. The molecular formula is C17H22ClIN4O. The molecule has 0 spiro atoms. The Labute approximate surface area is 164 Å². The molecule has 0 saturated carbocycles. The van der Waals surface area contributed by atoms with Crippen molar-refractivity contribution in [3.8, 4) is 5.88 Å². The van der Waals surface area contributed by atoms with E-state index in [1.165, 1.54) is 5.56 Å². The maximum atomic E-state index is 5.88. The third-order valence-corrected chi connectivity index (χ3v) is 3.52. The Balaban J connectivity index is 0.00000288. The summed E-state index contributed by atoms with van der Waals surface area (Å²) in [5.41, 5.74) is 2.12. The summed E-state index contributed by atoms with van der Waals surface area (Å²) in [5, 5.41) is 7.26. The van der Waals surface area contributed by atoms with Gasteiger partial charge in [-0.25, -0.2) is 4.98 Å². The fraction of sp³-hybridized carbons (Fsp3) is 0.294.